The molecule has 1 aliphatic rings. The zero-order chi connectivity index (χ0) is 23.4. The molecule has 1 aliphatic heterocycles. The van der Waals surface area contributed by atoms with Crippen LogP contribution in [0.15, 0.2) is 34.0 Å². The van der Waals surface area contributed by atoms with Crippen molar-refractivity contribution in [3.63, 3.8) is 0 Å². The van der Waals surface area contributed by atoms with Crippen molar-refractivity contribution >= 4 is 5.91 Å². The van der Waals surface area contributed by atoms with Gasteiger partial charge in [0.15, 0.2) is 0 Å². The number of hydrogen-bond donors (Lipinski definition) is 3. The summed E-state index contributed by atoms with van der Waals surface area (Å²) < 4.78 is 21.1. The highest BCUT2D eigenvalue weighted by molar-refractivity contribution is 5.94. The SMILES string of the molecule is Cc1cn([C@H]2C[C@H](O)[C@@H](CO)O2)c(=O)n(CCCNC(=O)c2ccc([19F])c(C#N)c2)c1=O. The molecule has 0 aliphatic carbocycles. The van der Waals surface area contributed by atoms with Crippen molar-refractivity contribution in [2.24, 2.45) is 0 Å². The van der Waals surface area contributed by atoms with Gasteiger partial charge in [0.1, 0.15) is 24.2 Å². The number of aryl methyl sites for hydroxylation is 1. The number of aliphatic hydroxyl groups is 2. The summed E-state index contributed by atoms with van der Waals surface area (Å²) in [6.45, 7) is 1.30. The van der Waals surface area contributed by atoms with Gasteiger partial charge < -0.3 is 20.3 Å². The van der Waals surface area contributed by atoms with Crippen LogP contribution in [-0.4, -0.2) is 50.6 Å². The number of aliphatic hydroxyl groups excluding tert-OH is 2. The minimum Gasteiger partial charge on any atom is -0.394 e. The highest BCUT2D eigenvalue weighted by atomic mass is 19.1. The lowest BCUT2D eigenvalue weighted by Crippen LogP contribution is -2.42. The third-order valence-electron chi connectivity index (χ3n) is 5.25. The van der Waals surface area contributed by atoms with E-state index in [1.165, 1.54) is 16.8 Å². The molecular formula is C21H23FN4O6. The number of benzene rings is 1. The Labute approximate surface area is 182 Å². The maximum atomic E-state index is 13.4. The Morgan fingerprint density at radius 3 is 2.81 bits per heavy atom. The van der Waals surface area contributed by atoms with E-state index in [9.17, 15) is 29.0 Å². The second-order valence-electron chi connectivity index (χ2n) is 7.49. The number of halogens is 1. The van der Waals surface area contributed by atoms with E-state index in [0.29, 0.717) is 5.56 Å². The van der Waals surface area contributed by atoms with Gasteiger partial charge in [-0.3, -0.25) is 18.7 Å². The molecule has 0 spiro atoms. The minimum atomic E-state index is -0.930. The molecule has 32 heavy (non-hydrogen) atoms. The Morgan fingerprint density at radius 2 is 2.16 bits per heavy atom. The summed E-state index contributed by atoms with van der Waals surface area (Å²) in [5.74, 6) is -1.23. The van der Waals surface area contributed by atoms with E-state index in [1.807, 2.05) is 0 Å². The van der Waals surface area contributed by atoms with E-state index in [1.54, 1.807) is 13.0 Å². The first-order valence-electron chi connectivity index (χ1n) is 10.0. The summed E-state index contributed by atoms with van der Waals surface area (Å²) in [5.41, 5.74) is -0.929. The van der Waals surface area contributed by atoms with Crippen LogP contribution in [0.5, 0.6) is 0 Å². The maximum absolute atomic E-state index is 13.4. The number of rotatable bonds is 7. The normalized spacial score (nSPS) is 20.2. The highest BCUT2D eigenvalue weighted by Gasteiger charge is 2.35. The lowest BCUT2D eigenvalue weighted by atomic mass is 10.1. The molecule has 0 unspecified atom stereocenters. The van der Waals surface area contributed by atoms with Crippen molar-refractivity contribution in [3.8, 4) is 6.07 Å². The molecule has 1 saturated heterocycles. The topological polar surface area (TPSA) is 147 Å². The van der Waals surface area contributed by atoms with Crippen LogP contribution in [0.1, 0.15) is 40.6 Å². The summed E-state index contributed by atoms with van der Waals surface area (Å²) in [7, 11) is 0. The fraction of sp³-hybridized carbons (Fsp3) is 0.429. The number of ether oxygens (including phenoxy) is 1. The smallest absolute Gasteiger partial charge is 0.333 e. The number of nitrogens with zero attached hydrogens (tertiary/aromatic N) is 3. The molecule has 170 valence electrons. The van der Waals surface area contributed by atoms with E-state index >= 15 is 0 Å². The van der Waals surface area contributed by atoms with Gasteiger partial charge in [-0.1, -0.05) is 0 Å². The van der Waals surface area contributed by atoms with E-state index in [0.717, 1.165) is 16.7 Å². The second kappa shape index (κ2) is 9.86. The average Bonchev–Trinajstić information content (AvgIpc) is 3.16. The lowest BCUT2D eigenvalue weighted by Gasteiger charge is -2.17. The van der Waals surface area contributed by atoms with Gasteiger partial charge in [0, 0.05) is 36.8 Å². The van der Waals surface area contributed by atoms with E-state index in [2.05, 4.69) is 5.32 Å². The molecular weight excluding hydrogens is 423 g/mol. The van der Waals surface area contributed by atoms with Crippen molar-refractivity contribution in [1.29, 1.82) is 5.26 Å². The predicted molar refractivity (Wildman–Crippen MR) is 109 cm³/mol. The molecule has 1 aromatic heterocycles. The number of carbonyl (C=O) groups excluding carboxylic acids is 1. The van der Waals surface area contributed by atoms with Crippen molar-refractivity contribution in [3.05, 3.63) is 67.7 Å². The lowest BCUT2D eigenvalue weighted by molar-refractivity contribution is -0.0464. The number of aromatic nitrogens is 2. The maximum Gasteiger partial charge on any atom is 0.333 e. The minimum absolute atomic E-state index is 0.0190. The van der Waals surface area contributed by atoms with Crippen LogP contribution in [0, 0.1) is 24.1 Å². The second-order valence-corrected chi connectivity index (χ2v) is 7.49. The van der Waals surface area contributed by atoms with Gasteiger partial charge in [0.25, 0.3) is 11.5 Å². The molecule has 1 aromatic carbocycles. The van der Waals surface area contributed by atoms with Crippen LogP contribution >= 0.6 is 0 Å². The van der Waals surface area contributed by atoms with Crippen molar-refractivity contribution in [2.45, 2.75) is 44.7 Å². The number of nitriles is 1. The molecule has 3 atom stereocenters. The zero-order valence-electron chi connectivity index (χ0n) is 17.3. The van der Waals surface area contributed by atoms with Gasteiger partial charge in [-0.15, -0.1) is 0 Å². The molecule has 2 heterocycles. The van der Waals surface area contributed by atoms with Gasteiger partial charge in [-0.05, 0) is 31.5 Å². The molecule has 3 N–H and O–H groups in total. The summed E-state index contributed by atoms with van der Waals surface area (Å²) in [6, 6.07) is 5.10. The van der Waals surface area contributed by atoms with Crippen molar-refractivity contribution in [1.82, 2.24) is 14.5 Å². The van der Waals surface area contributed by atoms with Gasteiger partial charge in [-0.2, -0.15) is 5.26 Å². The van der Waals surface area contributed by atoms with Crippen LogP contribution in [0.25, 0.3) is 0 Å². The van der Waals surface area contributed by atoms with Crippen LogP contribution < -0.4 is 16.6 Å². The van der Waals surface area contributed by atoms with E-state index in [4.69, 9.17) is 10.00 Å². The zero-order valence-corrected chi connectivity index (χ0v) is 17.3. The third kappa shape index (κ3) is 4.77. The number of amides is 1. The average molecular weight is 446 g/mol. The standard InChI is InChI=1S/C21H23FN4O6/c1-12-10-26(18-8-16(28)17(11-27)32-18)21(31)25(20(12)30)6-2-5-24-19(29)13-3-4-15(22)14(7-13)9-23/h3-4,7,10,16-18,27-28H,2,5-6,8,11H2,1H3,(H,24,29)/t16-,17+,18+/m0/s1/i22+0. The Hall–Kier alpha value is -3.33. The largest absolute Gasteiger partial charge is 0.394 e. The van der Waals surface area contributed by atoms with Gasteiger partial charge in [0.05, 0.1) is 18.3 Å². The predicted octanol–water partition coefficient (Wildman–Crippen LogP) is -0.210. The molecule has 0 saturated carbocycles. The Bertz CT molecular complexity index is 1170. The first kappa shape index (κ1) is 23.3. The fourth-order valence-corrected chi connectivity index (χ4v) is 3.51. The van der Waals surface area contributed by atoms with E-state index < -0.39 is 48.0 Å². The molecule has 0 bridgehead atoms. The van der Waals surface area contributed by atoms with Crippen molar-refractivity contribution < 1.29 is 24.1 Å². The Balaban J connectivity index is 1.67. The fourth-order valence-electron chi connectivity index (χ4n) is 3.51. The number of carbonyl (C=O) groups is 1. The van der Waals surface area contributed by atoms with Crippen LogP contribution in [0.3, 0.4) is 0 Å². The monoisotopic (exact) mass is 446 g/mol. The molecule has 1 amide bonds. The molecule has 3 rings (SSSR count). The Kier molecular flexibility index (Phi) is 7.19. The molecule has 11 heteroatoms. The van der Waals surface area contributed by atoms with Crippen LogP contribution in [-0.2, 0) is 11.3 Å². The van der Waals surface area contributed by atoms with Crippen molar-refractivity contribution in [2.75, 3.05) is 13.2 Å². The van der Waals surface area contributed by atoms with Gasteiger partial charge >= 0.3 is 5.69 Å². The summed E-state index contributed by atoms with van der Waals surface area (Å²) in [6.07, 6.45) is -0.837. The van der Waals surface area contributed by atoms with Crippen LogP contribution in [0.2, 0.25) is 0 Å². The van der Waals surface area contributed by atoms with E-state index in [-0.39, 0.29) is 37.1 Å². The molecule has 2 aromatic rings. The van der Waals surface area contributed by atoms with Gasteiger partial charge in [0.2, 0.25) is 0 Å². The third-order valence-corrected chi connectivity index (χ3v) is 5.25. The molecule has 0 radical (unpaired) electrons. The quantitative estimate of drug-likeness (QED) is 0.499. The summed E-state index contributed by atoms with van der Waals surface area (Å²) in [4.78, 5) is 37.5. The van der Waals surface area contributed by atoms with Crippen LogP contribution in [0.4, 0.5) is 4.39 Å². The van der Waals surface area contributed by atoms with Gasteiger partial charge in [-0.25, -0.2) is 9.18 Å². The molecule has 10 nitrogen and oxygen atoms in total. The molecule has 1 fully saturated rings. The Morgan fingerprint density at radius 1 is 1.41 bits per heavy atom. The summed E-state index contributed by atoms with van der Waals surface area (Å²) in [5, 5.41) is 30.6. The number of hydrogen-bond acceptors (Lipinski definition) is 7. The highest BCUT2D eigenvalue weighted by Crippen LogP contribution is 2.27. The summed E-state index contributed by atoms with van der Waals surface area (Å²) >= 11 is 0. The first-order valence-corrected chi connectivity index (χ1v) is 10.0. The first-order chi connectivity index (χ1) is 15.3. The number of nitrogens with one attached hydrogen (secondary N) is 1.